The van der Waals surface area contributed by atoms with Gasteiger partial charge in [0.15, 0.2) is 9.84 Å². The topological polar surface area (TPSA) is 139 Å². The number of hydrogen-bond acceptors (Lipinski definition) is 11. The first-order valence-electron chi connectivity index (χ1n) is 13.0. The summed E-state index contributed by atoms with van der Waals surface area (Å²) in [6.45, 7) is 6.43. The maximum atomic E-state index is 12.8. The van der Waals surface area contributed by atoms with E-state index in [9.17, 15) is 13.2 Å². The van der Waals surface area contributed by atoms with Crippen LogP contribution < -0.4 is 20.3 Å². The van der Waals surface area contributed by atoms with Gasteiger partial charge in [-0.2, -0.15) is 4.98 Å². The number of benzene rings is 2. The van der Waals surface area contributed by atoms with Gasteiger partial charge in [0.1, 0.15) is 12.1 Å². The van der Waals surface area contributed by atoms with Crippen molar-refractivity contribution in [2.75, 3.05) is 62.5 Å². The SMILES string of the molecule is COCCC(=O)N1CCN(c2ccc(Nc3ncnc(Nc4ccccc4S(=O)(=O)C(C)C)n3)c(OC)c2)CC1. The average Bonchev–Trinajstić information content (AvgIpc) is 2.96. The predicted molar refractivity (Wildman–Crippen MR) is 153 cm³/mol. The Balaban J connectivity index is 1.46. The fraction of sp³-hybridized carbons (Fsp3) is 0.407. The molecule has 214 valence electrons. The quantitative estimate of drug-likeness (QED) is 0.352. The number of sulfone groups is 1. The third kappa shape index (κ3) is 6.77. The summed E-state index contributed by atoms with van der Waals surface area (Å²) < 4.78 is 36.3. The van der Waals surface area contributed by atoms with Crippen molar-refractivity contribution in [2.45, 2.75) is 30.4 Å². The van der Waals surface area contributed by atoms with Crippen molar-refractivity contribution in [3.63, 3.8) is 0 Å². The van der Waals surface area contributed by atoms with Crippen LogP contribution in [0.1, 0.15) is 20.3 Å². The van der Waals surface area contributed by atoms with E-state index in [1.165, 1.54) is 6.33 Å². The standard InChI is InChI=1S/C27H35N7O5S/c1-19(2)40(36,37)24-8-6-5-7-22(24)31-27-29-18-28-26(32-27)30-21-10-9-20(17-23(21)39-4)33-12-14-34(15-13-33)25(35)11-16-38-3/h5-10,17-19H,11-16H2,1-4H3,(H2,28,29,30,31,32). The molecule has 0 spiro atoms. The summed E-state index contributed by atoms with van der Waals surface area (Å²) >= 11 is 0. The molecule has 4 rings (SSSR count). The lowest BCUT2D eigenvalue weighted by atomic mass is 10.2. The van der Waals surface area contributed by atoms with Crippen molar-refractivity contribution in [3.8, 4) is 5.75 Å². The number of para-hydroxylation sites is 1. The number of methoxy groups -OCH3 is 2. The predicted octanol–water partition coefficient (Wildman–Crippen LogP) is 3.23. The van der Waals surface area contributed by atoms with E-state index in [1.807, 2.05) is 23.1 Å². The maximum Gasteiger partial charge on any atom is 0.232 e. The molecular weight excluding hydrogens is 534 g/mol. The Morgan fingerprint density at radius 1 is 0.975 bits per heavy atom. The lowest BCUT2D eigenvalue weighted by molar-refractivity contribution is -0.132. The number of rotatable bonds is 11. The van der Waals surface area contributed by atoms with Gasteiger partial charge >= 0.3 is 0 Å². The summed E-state index contributed by atoms with van der Waals surface area (Å²) in [4.78, 5) is 29.3. The van der Waals surface area contributed by atoms with Crippen LogP contribution >= 0.6 is 0 Å². The molecule has 0 aliphatic carbocycles. The molecule has 1 aliphatic heterocycles. The molecule has 1 aliphatic rings. The first-order chi connectivity index (χ1) is 19.2. The highest BCUT2D eigenvalue weighted by Gasteiger charge is 2.24. The number of carbonyl (C=O) groups is 1. The molecule has 1 aromatic heterocycles. The number of amides is 1. The lowest BCUT2D eigenvalue weighted by Gasteiger charge is -2.36. The highest BCUT2D eigenvalue weighted by Crippen LogP contribution is 2.32. The van der Waals surface area contributed by atoms with Crippen LogP contribution in [0.5, 0.6) is 5.75 Å². The van der Waals surface area contributed by atoms with E-state index in [-0.39, 0.29) is 22.7 Å². The molecule has 0 radical (unpaired) electrons. The molecule has 12 nitrogen and oxygen atoms in total. The molecule has 0 atom stereocenters. The van der Waals surface area contributed by atoms with Crippen molar-refractivity contribution in [1.82, 2.24) is 19.9 Å². The van der Waals surface area contributed by atoms with E-state index < -0.39 is 15.1 Å². The number of hydrogen-bond donors (Lipinski definition) is 2. The monoisotopic (exact) mass is 569 g/mol. The van der Waals surface area contributed by atoms with E-state index in [4.69, 9.17) is 9.47 Å². The fourth-order valence-electron chi connectivity index (χ4n) is 4.27. The zero-order chi connectivity index (χ0) is 28.7. The van der Waals surface area contributed by atoms with E-state index >= 15 is 0 Å². The third-order valence-electron chi connectivity index (χ3n) is 6.58. The Morgan fingerprint density at radius 2 is 1.65 bits per heavy atom. The van der Waals surface area contributed by atoms with Gasteiger partial charge in [0.05, 0.1) is 41.7 Å². The zero-order valence-electron chi connectivity index (χ0n) is 23.1. The van der Waals surface area contributed by atoms with Crippen LogP contribution in [0, 0.1) is 0 Å². The van der Waals surface area contributed by atoms with Crippen molar-refractivity contribution in [2.24, 2.45) is 0 Å². The van der Waals surface area contributed by atoms with Crippen LogP contribution in [0.15, 0.2) is 53.7 Å². The van der Waals surface area contributed by atoms with Gasteiger partial charge in [0.25, 0.3) is 0 Å². The van der Waals surface area contributed by atoms with Gasteiger partial charge in [-0.15, -0.1) is 0 Å². The Kier molecular flexibility index (Phi) is 9.38. The third-order valence-corrected chi connectivity index (χ3v) is 8.79. The Hall–Kier alpha value is -3.97. The van der Waals surface area contributed by atoms with Crippen LogP contribution in [0.25, 0.3) is 0 Å². The molecule has 0 unspecified atom stereocenters. The molecule has 2 aromatic carbocycles. The van der Waals surface area contributed by atoms with E-state index in [0.29, 0.717) is 56.3 Å². The van der Waals surface area contributed by atoms with Crippen molar-refractivity contribution >= 4 is 44.7 Å². The van der Waals surface area contributed by atoms with Crippen molar-refractivity contribution in [3.05, 3.63) is 48.8 Å². The summed E-state index contributed by atoms with van der Waals surface area (Å²) in [5.74, 6) is 1.16. The molecule has 1 fully saturated rings. The number of aromatic nitrogens is 3. The Morgan fingerprint density at radius 3 is 2.30 bits per heavy atom. The van der Waals surface area contributed by atoms with E-state index in [2.05, 4.69) is 30.5 Å². The van der Waals surface area contributed by atoms with Gasteiger partial charge in [-0.05, 0) is 38.1 Å². The number of anilines is 5. The summed E-state index contributed by atoms with van der Waals surface area (Å²) in [6, 6.07) is 12.4. The molecule has 3 aromatic rings. The largest absolute Gasteiger partial charge is 0.494 e. The summed E-state index contributed by atoms with van der Waals surface area (Å²) in [5, 5.41) is 5.59. The number of nitrogens with zero attached hydrogens (tertiary/aromatic N) is 5. The second-order valence-electron chi connectivity index (χ2n) is 9.47. The first-order valence-corrected chi connectivity index (χ1v) is 14.5. The minimum absolute atomic E-state index is 0.106. The number of nitrogens with one attached hydrogen (secondary N) is 2. The molecule has 0 bridgehead atoms. The van der Waals surface area contributed by atoms with Gasteiger partial charge in [-0.1, -0.05) is 12.1 Å². The van der Waals surface area contributed by atoms with E-state index in [1.54, 1.807) is 52.3 Å². The summed E-state index contributed by atoms with van der Waals surface area (Å²) in [5.41, 5.74) is 2.02. The smallest absolute Gasteiger partial charge is 0.232 e. The Bertz CT molecular complexity index is 1430. The normalized spacial score (nSPS) is 13.8. The van der Waals surface area contributed by atoms with Gasteiger partial charge in [-0.25, -0.2) is 18.4 Å². The second kappa shape index (κ2) is 12.9. The molecule has 2 N–H and O–H groups in total. The van der Waals surface area contributed by atoms with Crippen molar-refractivity contribution in [1.29, 1.82) is 0 Å². The van der Waals surface area contributed by atoms with Gasteiger partial charge in [0, 0.05) is 45.0 Å². The Labute approximate surface area is 234 Å². The molecule has 0 saturated carbocycles. The highest BCUT2D eigenvalue weighted by molar-refractivity contribution is 7.92. The fourth-order valence-corrected chi connectivity index (χ4v) is 5.47. The molecular formula is C27H35N7O5S. The van der Waals surface area contributed by atoms with Gasteiger partial charge in [0.2, 0.25) is 17.8 Å². The van der Waals surface area contributed by atoms with E-state index in [0.717, 1.165) is 5.69 Å². The number of ether oxygens (including phenoxy) is 2. The molecule has 40 heavy (non-hydrogen) atoms. The molecule has 1 amide bonds. The van der Waals surface area contributed by atoms with Crippen molar-refractivity contribution < 1.29 is 22.7 Å². The molecule has 13 heteroatoms. The van der Waals surface area contributed by atoms with Gasteiger partial charge < -0.3 is 29.9 Å². The van der Waals surface area contributed by atoms with Crippen LogP contribution in [0.2, 0.25) is 0 Å². The number of carbonyl (C=O) groups excluding carboxylic acids is 1. The molecule has 2 heterocycles. The minimum atomic E-state index is -3.51. The zero-order valence-corrected chi connectivity index (χ0v) is 23.9. The molecule has 1 saturated heterocycles. The first kappa shape index (κ1) is 29.0. The van der Waals surface area contributed by atoms with Crippen LogP contribution in [-0.2, 0) is 19.4 Å². The maximum absolute atomic E-state index is 12.8. The minimum Gasteiger partial charge on any atom is -0.494 e. The van der Waals surface area contributed by atoms with Crippen LogP contribution in [0.4, 0.5) is 29.0 Å². The van der Waals surface area contributed by atoms with Crippen LogP contribution in [0.3, 0.4) is 0 Å². The average molecular weight is 570 g/mol. The lowest BCUT2D eigenvalue weighted by Crippen LogP contribution is -2.49. The van der Waals surface area contributed by atoms with Gasteiger partial charge in [-0.3, -0.25) is 4.79 Å². The van der Waals surface area contributed by atoms with Crippen LogP contribution in [-0.4, -0.2) is 86.4 Å². The summed E-state index contributed by atoms with van der Waals surface area (Å²) in [6.07, 6.45) is 1.73. The highest BCUT2D eigenvalue weighted by atomic mass is 32.2. The number of piperazine rings is 1. The summed E-state index contributed by atoms with van der Waals surface area (Å²) in [7, 11) is -0.334. The second-order valence-corrected chi connectivity index (χ2v) is 11.9.